The first-order chi connectivity index (χ1) is 5.42. The van der Waals surface area contributed by atoms with Gasteiger partial charge in [-0.15, -0.1) is 5.10 Å². The Morgan fingerprint density at radius 2 is 2.45 bits per heavy atom. The molecule has 0 radical (unpaired) electrons. The Bertz CT molecular complexity index is 252. The van der Waals surface area contributed by atoms with Crippen molar-refractivity contribution in [2.24, 2.45) is 0 Å². The second kappa shape index (κ2) is 2.64. The number of hydrogen-bond acceptors (Lipinski definition) is 2. The fourth-order valence-electron chi connectivity index (χ4n) is 1.65. The van der Waals surface area contributed by atoms with E-state index in [1.54, 1.807) is 0 Å². The Hall–Kier alpha value is -0.860. The summed E-state index contributed by atoms with van der Waals surface area (Å²) >= 11 is 0. The lowest BCUT2D eigenvalue weighted by molar-refractivity contribution is 0.621. The smallest absolute Gasteiger partial charge is 0.0859 e. The van der Waals surface area contributed by atoms with E-state index in [0.29, 0.717) is 0 Å². The topological polar surface area (TPSA) is 30.7 Å². The van der Waals surface area contributed by atoms with Gasteiger partial charge in [0.15, 0.2) is 0 Å². The normalized spacial score (nSPS) is 15.4. The Balaban J connectivity index is 2.27. The third kappa shape index (κ3) is 1.04. The summed E-state index contributed by atoms with van der Waals surface area (Å²) in [4.78, 5) is 0. The number of aromatic nitrogens is 3. The van der Waals surface area contributed by atoms with Crippen molar-refractivity contribution >= 4 is 0 Å². The molecule has 0 aromatic carbocycles. The second-order valence-electron chi connectivity index (χ2n) is 3.06. The van der Waals surface area contributed by atoms with Crippen LogP contribution in [0.2, 0.25) is 0 Å². The Morgan fingerprint density at radius 1 is 1.55 bits per heavy atom. The highest BCUT2D eigenvalue weighted by Gasteiger charge is 2.16. The molecule has 1 aliphatic heterocycles. The molecule has 60 valence electrons. The van der Waals surface area contributed by atoms with E-state index in [1.807, 2.05) is 4.68 Å². The SMILES string of the molecule is CCCc1nnn2c1CCC2. The first-order valence-corrected chi connectivity index (χ1v) is 4.33. The molecular weight excluding hydrogens is 138 g/mol. The molecule has 3 heteroatoms. The third-order valence-corrected chi connectivity index (χ3v) is 2.19. The monoisotopic (exact) mass is 151 g/mol. The van der Waals surface area contributed by atoms with Crippen LogP contribution in [0.5, 0.6) is 0 Å². The summed E-state index contributed by atoms with van der Waals surface area (Å²) in [5.41, 5.74) is 2.61. The van der Waals surface area contributed by atoms with E-state index in [1.165, 1.54) is 30.7 Å². The molecule has 0 unspecified atom stereocenters. The zero-order chi connectivity index (χ0) is 7.68. The molecule has 11 heavy (non-hydrogen) atoms. The van der Waals surface area contributed by atoms with Crippen LogP contribution in [-0.2, 0) is 19.4 Å². The van der Waals surface area contributed by atoms with E-state index in [9.17, 15) is 0 Å². The van der Waals surface area contributed by atoms with Crippen LogP contribution in [0.3, 0.4) is 0 Å². The predicted molar refractivity (Wildman–Crippen MR) is 42.3 cm³/mol. The lowest BCUT2D eigenvalue weighted by Gasteiger charge is -1.93. The minimum Gasteiger partial charge on any atom is -0.249 e. The first kappa shape index (κ1) is 6.83. The molecule has 0 atom stereocenters. The molecule has 1 aliphatic rings. The highest BCUT2D eigenvalue weighted by Crippen LogP contribution is 2.16. The van der Waals surface area contributed by atoms with E-state index in [2.05, 4.69) is 17.2 Å². The number of hydrogen-bond donors (Lipinski definition) is 0. The highest BCUT2D eigenvalue weighted by molar-refractivity contribution is 5.12. The van der Waals surface area contributed by atoms with Crippen molar-refractivity contribution in [3.05, 3.63) is 11.4 Å². The van der Waals surface area contributed by atoms with Crippen LogP contribution in [0.4, 0.5) is 0 Å². The largest absolute Gasteiger partial charge is 0.249 e. The number of fused-ring (bicyclic) bond motifs is 1. The summed E-state index contributed by atoms with van der Waals surface area (Å²) in [6.07, 6.45) is 4.70. The summed E-state index contributed by atoms with van der Waals surface area (Å²) in [5.74, 6) is 0. The van der Waals surface area contributed by atoms with Crippen LogP contribution in [0.1, 0.15) is 31.2 Å². The predicted octanol–water partition coefficient (Wildman–Crippen LogP) is 1.18. The molecule has 0 spiro atoms. The molecule has 1 aromatic heterocycles. The zero-order valence-electron chi connectivity index (χ0n) is 6.88. The molecule has 0 fully saturated rings. The maximum Gasteiger partial charge on any atom is 0.0859 e. The summed E-state index contributed by atoms with van der Waals surface area (Å²) in [5, 5.41) is 8.22. The molecule has 0 aliphatic carbocycles. The number of aryl methyl sites for hydroxylation is 2. The van der Waals surface area contributed by atoms with Crippen molar-refractivity contribution in [3.8, 4) is 0 Å². The summed E-state index contributed by atoms with van der Waals surface area (Å²) in [7, 11) is 0. The zero-order valence-corrected chi connectivity index (χ0v) is 6.88. The van der Waals surface area contributed by atoms with Gasteiger partial charge in [-0.3, -0.25) is 0 Å². The van der Waals surface area contributed by atoms with Gasteiger partial charge in [-0.05, 0) is 19.3 Å². The van der Waals surface area contributed by atoms with Crippen LogP contribution < -0.4 is 0 Å². The van der Waals surface area contributed by atoms with Gasteiger partial charge in [-0.2, -0.15) is 0 Å². The van der Waals surface area contributed by atoms with E-state index in [0.717, 1.165) is 13.0 Å². The van der Waals surface area contributed by atoms with Crippen molar-refractivity contribution in [1.29, 1.82) is 0 Å². The molecule has 2 heterocycles. The Labute approximate surface area is 66.4 Å². The molecule has 2 rings (SSSR count). The lowest BCUT2D eigenvalue weighted by Crippen LogP contribution is -1.94. The van der Waals surface area contributed by atoms with Crippen LogP contribution in [-0.4, -0.2) is 15.0 Å². The summed E-state index contributed by atoms with van der Waals surface area (Å²) in [6, 6.07) is 0. The van der Waals surface area contributed by atoms with Crippen molar-refractivity contribution in [1.82, 2.24) is 15.0 Å². The average molecular weight is 151 g/mol. The van der Waals surface area contributed by atoms with Crippen LogP contribution in [0.15, 0.2) is 0 Å². The maximum atomic E-state index is 4.14. The molecule has 0 saturated carbocycles. The molecule has 0 N–H and O–H groups in total. The summed E-state index contributed by atoms with van der Waals surface area (Å²) in [6.45, 7) is 3.26. The van der Waals surface area contributed by atoms with E-state index < -0.39 is 0 Å². The van der Waals surface area contributed by atoms with Gasteiger partial charge >= 0.3 is 0 Å². The van der Waals surface area contributed by atoms with E-state index in [4.69, 9.17) is 0 Å². The molecular formula is C8H13N3. The van der Waals surface area contributed by atoms with Crippen molar-refractivity contribution in [3.63, 3.8) is 0 Å². The van der Waals surface area contributed by atoms with Gasteiger partial charge in [0.2, 0.25) is 0 Å². The van der Waals surface area contributed by atoms with E-state index in [-0.39, 0.29) is 0 Å². The van der Waals surface area contributed by atoms with Gasteiger partial charge in [0.05, 0.1) is 11.4 Å². The van der Waals surface area contributed by atoms with Crippen LogP contribution in [0.25, 0.3) is 0 Å². The van der Waals surface area contributed by atoms with Gasteiger partial charge in [0, 0.05) is 6.54 Å². The first-order valence-electron chi connectivity index (χ1n) is 4.33. The second-order valence-corrected chi connectivity index (χ2v) is 3.06. The van der Waals surface area contributed by atoms with Crippen molar-refractivity contribution in [2.45, 2.75) is 39.2 Å². The fraction of sp³-hybridized carbons (Fsp3) is 0.750. The van der Waals surface area contributed by atoms with Gasteiger partial charge < -0.3 is 0 Å². The standard InChI is InChI=1S/C8H13N3/c1-2-4-7-8-5-3-6-11(8)10-9-7/h2-6H2,1H3. The highest BCUT2D eigenvalue weighted by atomic mass is 15.4. The van der Waals surface area contributed by atoms with Crippen molar-refractivity contribution in [2.75, 3.05) is 0 Å². The van der Waals surface area contributed by atoms with E-state index >= 15 is 0 Å². The fourth-order valence-corrected chi connectivity index (χ4v) is 1.65. The van der Waals surface area contributed by atoms with Crippen molar-refractivity contribution < 1.29 is 0 Å². The molecule has 3 nitrogen and oxygen atoms in total. The van der Waals surface area contributed by atoms with Gasteiger partial charge in [-0.25, -0.2) is 4.68 Å². The maximum absolute atomic E-state index is 4.14. The minimum atomic E-state index is 1.08. The summed E-state index contributed by atoms with van der Waals surface area (Å²) < 4.78 is 2.05. The Kier molecular flexibility index (Phi) is 1.64. The minimum absolute atomic E-state index is 1.08. The molecule has 0 saturated heterocycles. The molecule has 1 aromatic rings. The number of nitrogens with zero attached hydrogens (tertiary/aromatic N) is 3. The van der Waals surface area contributed by atoms with Gasteiger partial charge in [0.1, 0.15) is 0 Å². The average Bonchev–Trinajstić information content (AvgIpc) is 2.53. The quantitative estimate of drug-likeness (QED) is 0.635. The van der Waals surface area contributed by atoms with Gasteiger partial charge in [0.25, 0.3) is 0 Å². The van der Waals surface area contributed by atoms with Gasteiger partial charge in [-0.1, -0.05) is 18.6 Å². The van der Waals surface area contributed by atoms with Crippen LogP contribution in [0, 0.1) is 0 Å². The Morgan fingerprint density at radius 3 is 3.27 bits per heavy atom. The van der Waals surface area contributed by atoms with Crippen LogP contribution >= 0.6 is 0 Å². The molecule has 0 amide bonds. The third-order valence-electron chi connectivity index (χ3n) is 2.19. The molecule has 0 bridgehead atoms. The number of rotatable bonds is 2. The lowest BCUT2D eigenvalue weighted by atomic mass is 10.2.